The summed E-state index contributed by atoms with van der Waals surface area (Å²) in [5.74, 6) is 0.754. The summed E-state index contributed by atoms with van der Waals surface area (Å²) < 4.78 is 0. The minimum atomic E-state index is 0.332. The Labute approximate surface area is 117 Å². The van der Waals surface area contributed by atoms with E-state index in [0.29, 0.717) is 10.8 Å². The fourth-order valence-corrected chi connectivity index (χ4v) is 4.03. The van der Waals surface area contributed by atoms with E-state index in [1.54, 1.807) is 11.1 Å². The number of hydrogen-bond donors (Lipinski definition) is 1. The summed E-state index contributed by atoms with van der Waals surface area (Å²) in [6.07, 6.45) is 8.04. The molecule has 104 valence electrons. The number of nitrogens with two attached hydrogens (primary N) is 1. The normalized spacial score (nSPS) is 28.1. The monoisotopic (exact) mass is 257 g/mol. The van der Waals surface area contributed by atoms with E-state index in [2.05, 4.69) is 38.1 Å². The van der Waals surface area contributed by atoms with E-state index in [1.807, 2.05) is 0 Å². The molecule has 0 spiro atoms. The first-order valence-electron chi connectivity index (χ1n) is 7.86. The van der Waals surface area contributed by atoms with E-state index in [4.69, 9.17) is 5.73 Å². The molecular formula is C18H27N. The summed E-state index contributed by atoms with van der Waals surface area (Å²) in [6, 6.07) is 9.13. The number of hydrogen-bond acceptors (Lipinski definition) is 1. The van der Waals surface area contributed by atoms with Crippen LogP contribution in [0.3, 0.4) is 0 Å². The fraction of sp³-hybridized carbons (Fsp3) is 0.667. The smallest absolute Gasteiger partial charge is 0.00790 e. The minimum absolute atomic E-state index is 0.332. The van der Waals surface area contributed by atoms with Gasteiger partial charge in [-0.25, -0.2) is 0 Å². The predicted octanol–water partition coefficient (Wildman–Crippen LogP) is 4.36. The molecule has 1 heteroatoms. The van der Waals surface area contributed by atoms with Crippen LogP contribution in [-0.2, 0) is 5.41 Å². The van der Waals surface area contributed by atoms with Crippen molar-refractivity contribution in [1.29, 1.82) is 0 Å². The Kier molecular flexibility index (Phi) is 3.21. The molecule has 2 aliphatic rings. The van der Waals surface area contributed by atoms with Crippen molar-refractivity contribution in [2.24, 2.45) is 11.1 Å². The van der Waals surface area contributed by atoms with Gasteiger partial charge < -0.3 is 5.73 Å². The van der Waals surface area contributed by atoms with Crippen molar-refractivity contribution in [2.45, 2.75) is 63.7 Å². The summed E-state index contributed by atoms with van der Waals surface area (Å²) in [4.78, 5) is 0. The van der Waals surface area contributed by atoms with Gasteiger partial charge in [-0.05, 0) is 54.6 Å². The van der Waals surface area contributed by atoms with Gasteiger partial charge in [-0.3, -0.25) is 0 Å². The lowest BCUT2D eigenvalue weighted by atomic mass is 9.68. The zero-order chi connectivity index (χ0) is 13.5. The number of benzene rings is 1. The van der Waals surface area contributed by atoms with Crippen LogP contribution in [0, 0.1) is 5.41 Å². The van der Waals surface area contributed by atoms with Gasteiger partial charge in [-0.1, -0.05) is 44.5 Å². The largest absolute Gasteiger partial charge is 0.330 e. The Morgan fingerprint density at radius 2 is 1.89 bits per heavy atom. The van der Waals surface area contributed by atoms with Crippen molar-refractivity contribution in [1.82, 2.24) is 0 Å². The molecule has 19 heavy (non-hydrogen) atoms. The highest BCUT2D eigenvalue weighted by molar-refractivity contribution is 5.41. The van der Waals surface area contributed by atoms with E-state index in [0.717, 1.165) is 12.5 Å². The van der Waals surface area contributed by atoms with Gasteiger partial charge in [-0.15, -0.1) is 0 Å². The van der Waals surface area contributed by atoms with Gasteiger partial charge >= 0.3 is 0 Å². The van der Waals surface area contributed by atoms with Crippen molar-refractivity contribution >= 4 is 0 Å². The lowest BCUT2D eigenvalue weighted by Gasteiger charge is -2.37. The fourth-order valence-electron chi connectivity index (χ4n) is 4.03. The second kappa shape index (κ2) is 4.63. The molecule has 0 heterocycles. The highest BCUT2D eigenvalue weighted by Gasteiger charge is 2.45. The molecule has 2 N–H and O–H groups in total. The van der Waals surface area contributed by atoms with Crippen molar-refractivity contribution in [3.8, 4) is 0 Å². The molecule has 0 bridgehead atoms. The molecule has 3 rings (SSSR count). The standard InChI is InChI=1S/C18H27N/c1-17(2)9-5-6-14(12-17)15-7-3-4-8-16(15)18(13-19)10-11-18/h3-4,7-8,14H,5-6,9-13,19H2,1-2H3. The van der Waals surface area contributed by atoms with E-state index in [1.165, 1.54) is 38.5 Å². The van der Waals surface area contributed by atoms with Crippen molar-refractivity contribution in [3.05, 3.63) is 35.4 Å². The SMILES string of the molecule is CC1(C)CCCC(c2ccccc2C2(CN)CC2)C1. The van der Waals surface area contributed by atoms with Crippen LogP contribution in [0.15, 0.2) is 24.3 Å². The quantitative estimate of drug-likeness (QED) is 0.855. The van der Waals surface area contributed by atoms with E-state index in [9.17, 15) is 0 Å². The van der Waals surface area contributed by atoms with Gasteiger partial charge in [0.1, 0.15) is 0 Å². The topological polar surface area (TPSA) is 26.0 Å². The molecule has 2 aliphatic carbocycles. The van der Waals surface area contributed by atoms with Crippen LogP contribution in [0.4, 0.5) is 0 Å². The first-order chi connectivity index (χ1) is 9.06. The summed E-state index contributed by atoms with van der Waals surface area (Å²) in [5, 5.41) is 0. The maximum atomic E-state index is 6.05. The van der Waals surface area contributed by atoms with Gasteiger partial charge in [0.25, 0.3) is 0 Å². The summed E-state index contributed by atoms with van der Waals surface area (Å²) in [7, 11) is 0. The van der Waals surface area contributed by atoms with Crippen LogP contribution in [0.5, 0.6) is 0 Å². The third kappa shape index (κ3) is 2.45. The van der Waals surface area contributed by atoms with Crippen molar-refractivity contribution < 1.29 is 0 Å². The van der Waals surface area contributed by atoms with Gasteiger partial charge in [0.15, 0.2) is 0 Å². The molecule has 1 nitrogen and oxygen atoms in total. The van der Waals surface area contributed by atoms with Crippen LogP contribution in [0.25, 0.3) is 0 Å². The maximum Gasteiger partial charge on any atom is 0.00790 e. The minimum Gasteiger partial charge on any atom is -0.330 e. The first kappa shape index (κ1) is 13.2. The molecule has 2 saturated carbocycles. The lowest BCUT2D eigenvalue weighted by Crippen LogP contribution is -2.25. The first-order valence-corrected chi connectivity index (χ1v) is 7.86. The molecule has 1 aromatic rings. The summed E-state index contributed by atoms with van der Waals surface area (Å²) in [6.45, 7) is 5.68. The zero-order valence-corrected chi connectivity index (χ0v) is 12.4. The second-order valence-electron chi connectivity index (χ2n) is 7.53. The molecule has 0 saturated heterocycles. The molecular weight excluding hydrogens is 230 g/mol. The van der Waals surface area contributed by atoms with Crippen LogP contribution >= 0.6 is 0 Å². The van der Waals surface area contributed by atoms with Crippen LogP contribution in [0.2, 0.25) is 0 Å². The Morgan fingerprint density at radius 3 is 2.53 bits per heavy atom. The Balaban J connectivity index is 1.93. The van der Waals surface area contributed by atoms with Crippen LogP contribution in [0.1, 0.15) is 69.4 Å². The van der Waals surface area contributed by atoms with E-state index >= 15 is 0 Å². The molecule has 2 fully saturated rings. The Morgan fingerprint density at radius 1 is 1.16 bits per heavy atom. The van der Waals surface area contributed by atoms with Gasteiger partial charge in [0, 0.05) is 12.0 Å². The molecule has 0 radical (unpaired) electrons. The Bertz CT molecular complexity index is 457. The maximum absolute atomic E-state index is 6.05. The van der Waals surface area contributed by atoms with Crippen LogP contribution < -0.4 is 5.73 Å². The summed E-state index contributed by atoms with van der Waals surface area (Å²) in [5.41, 5.74) is 10.1. The van der Waals surface area contributed by atoms with Crippen LogP contribution in [-0.4, -0.2) is 6.54 Å². The predicted molar refractivity (Wildman–Crippen MR) is 81.4 cm³/mol. The second-order valence-corrected chi connectivity index (χ2v) is 7.53. The third-order valence-electron chi connectivity index (χ3n) is 5.42. The lowest BCUT2D eigenvalue weighted by molar-refractivity contribution is 0.218. The molecule has 0 aliphatic heterocycles. The zero-order valence-electron chi connectivity index (χ0n) is 12.4. The van der Waals surface area contributed by atoms with Gasteiger partial charge in [0.05, 0.1) is 0 Å². The molecule has 0 amide bonds. The molecule has 1 atom stereocenters. The van der Waals surface area contributed by atoms with E-state index < -0.39 is 0 Å². The average Bonchev–Trinajstić information content (AvgIpc) is 3.18. The van der Waals surface area contributed by atoms with E-state index in [-0.39, 0.29) is 0 Å². The highest BCUT2D eigenvalue weighted by atomic mass is 14.7. The Hall–Kier alpha value is -0.820. The average molecular weight is 257 g/mol. The molecule has 1 aromatic carbocycles. The van der Waals surface area contributed by atoms with Gasteiger partial charge in [-0.2, -0.15) is 0 Å². The van der Waals surface area contributed by atoms with Gasteiger partial charge in [0.2, 0.25) is 0 Å². The molecule has 1 unspecified atom stereocenters. The summed E-state index contributed by atoms with van der Waals surface area (Å²) >= 11 is 0. The van der Waals surface area contributed by atoms with Crippen molar-refractivity contribution in [3.63, 3.8) is 0 Å². The highest BCUT2D eigenvalue weighted by Crippen LogP contribution is 2.52. The number of rotatable bonds is 3. The third-order valence-corrected chi connectivity index (χ3v) is 5.42. The van der Waals surface area contributed by atoms with Crippen molar-refractivity contribution in [2.75, 3.05) is 6.54 Å². The molecule has 0 aromatic heterocycles.